The molecule has 1 aliphatic heterocycles. The summed E-state index contributed by atoms with van der Waals surface area (Å²) in [5, 5.41) is 3.58. The van der Waals surface area contributed by atoms with E-state index in [0.717, 1.165) is 42.0 Å². The normalized spacial score (nSPS) is 24.6. The van der Waals surface area contributed by atoms with E-state index in [-0.39, 0.29) is 5.25 Å². The number of hydrogen-bond donors (Lipinski definition) is 1. The highest BCUT2D eigenvalue weighted by Gasteiger charge is 2.31. The standard InChI is InChI=1S/C16H25NO2S/c1-4-8-17-14-7-9-19-11-16(14)20(18)15-10-12(2)5-6-13(15)3/h5-6,10,14,16-17H,4,7-9,11H2,1-3H3. The van der Waals surface area contributed by atoms with Gasteiger partial charge in [-0.15, -0.1) is 0 Å². The van der Waals surface area contributed by atoms with E-state index in [9.17, 15) is 4.21 Å². The molecule has 1 heterocycles. The van der Waals surface area contributed by atoms with Gasteiger partial charge in [0.05, 0.1) is 22.7 Å². The first-order chi connectivity index (χ1) is 9.63. The summed E-state index contributed by atoms with van der Waals surface area (Å²) in [5.41, 5.74) is 2.27. The molecule has 1 fully saturated rings. The Kier molecular flexibility index (Phi) is 5.75. The van der Waals surface area contributed by atoms with Crippen molar-refractivity contribution in [3.8, 4) is 0 Å². The van der Waals surface area contributed by atoms with Crippen LogP contribution < -0.4 is 5.32 Å². The molecule has 0 aromatic heterocycles. The molecular formula is C16H25NO2S. The van der Waals surface area contributed by atoms with Crippen LogP contribution >= 0.6 is 0 Å². The summed E-state index contributed by atoms with van der Waals surface area (Å²) in [7, 11) is -1.01. The molecule has 1 saturated heterocycles. The quantitative estimate of drug-likeness (QED) is 0.907. The van der Waals surface area contributed by atoms with Crippen molar-refractivity contribution in [2.24, 2.45) is 0 Å². The second kappa shape index (κ2) is 7.34. The maximum absolute atomic E-state index is 12.9. The van der Waals surface area contributed by atoms with Gasteiger partial charge in [-0.05, 0) is 50.4 Å². The van der Waals surface area contributed by atoms with Crippen LogP contribution in [0.25, 0.3) is 0 Å². The molecule has 20 heavy (non-hydrogen) atoms. The zero-order valence-electron chi connectivity index (χ0n) is 12.6. The highest BCUT2D eigenvalue weighted by Crippen LogP contribution is 2.23. The molecule has 1 aromatic rings. The third-order valence-corrected chi connectivity index (χ3v) is 5.68. The summed E-state index contributed by atoms with van der Waals surface area (Å²) < 4.78 is 18.5. The van der Waals surface area contributed by atoms with Gasteiger partial charge in [0.1, 0.15) is 0 Å². The Bertz CT molecular complexity index is 476. The number of ether oxygens (including phenoxy) is 1. The molecule has 3 atom stereocenters. The van der Waals surface area contributed by atoms with Gasteiger partial charge in [0, 0.05) is 17.5 Å². The Morgan fingerprint density at radius 1 is 1.40 bits per heavy atom. The van der Waals surface area contributed by atoms with E-state index in [1.165, 1.54) is 0 Å². The Balaban J connectivity index is 2.18. The van der Waals surface area contributed by atoms with Gasteiger partial charge >= 0.3 is 0 Å². The SMILES string of the molecule is CCCNC1CCOCC1S(=O)c1cc(C)ccc1C. The lowest BCUT2D eigenvalue weighted by molar-refractivity contribution is 0.0820. The fourth-order valence-electron chi connectivity index (χ4n) is 2.57. The molecule has 1 aromatic carbocycles. The van der Waals surface area contributed by atoms with Crippen LogP contribution in [-0.4, -0.2) is 35.3 Å². The number of rotatable bonds is 5. The molecule has 0 spiro atoms. The maximum atomic E-state index is 12.9. The molecule has 4 heteroatoms. The lowest BCUT2D eigenvalue weighted by atomic mass is 10.1. The van der Waals surface area contributed by atoms with Gasteiger partial charge in [-0.2, -0.15) is 0 Å². The van der Waals surface area contributed by atoms with Gasteiger partial charge in [-0.1, -0.05) is 19.1 Å². The van der Waals surface area contributed by atoms with E-state index in [1.807, 2.05) is 13.8 Å². The number of benzene rings is 1. The van der Waals surface area contributed by atoms with Crippen molar-refractivity contribution < 1.29 is 8.95 Å². The molecule has 1 N–H and O–H groups in total. The van der Waals surface area contributed by atoms with E-state index in [4.69, 9.17) is 4.74 Å². The highest BCUT2D eigenvalue weighted by molar-refractivity contribution is 7.85. The third-order valence-electron chi connectivity index (χ3n) is 3.80. The first kappa shape index (κ1) is 15.7. The largest absolute Gasteiger partial charge is 0.380 e. The monoisotopic (exact) mass is 295 g/mol. The van der Waals surface area contributed by atoms with Crippen LogP contribution in [0.2, 0.25) is 0 Å². The predicted octanol–water partition coefficient (Wildman–Crippen LogP) is 2.57. The minimum atomic E-state index is -1.01. The molecule has 0 aliphatic carbocycles. The summed E-state index contributed by atoms with van der Waals surface area (Å²) in [6, 6.07) is 6.47. The maximum Gasteiger partial charge on any atom is 0.0782 e. The average molecular weight is 295 g/mol. The van der Waals surface area contributed by atoms with Gasteiger partial charge in [-0.3, -0.25) is 4.21 Å². The van der Waals surface area contributed by atoms with E-state index in [1.54, 1.807) is 0 Å². The minimum Gasteiger partial charge on any atom is -0.380 e. The summed E-state index contributed by atoms with van der Waals surface area (Å²) in [4.78, 5) is 0.962. The van der Waals surface area contributed by atoms with E-state index in [0.29, 0.717) is 12.6 Å². The summed E-state index contributed by atoms with van der Waals surface area (Å²) in [5.74, 6) is 0. The highest BCUT2D eigenvalue weighted by atomic mass is 32.2. The van der Waals surface area contributed by atoms with Crippen LogP contribution in [-0.2, 0) is 15.5 Å². The van der Waals surface area contributed by atoms with Crippen LogP contribution in [0.1, 0.15) is 30.9 Å². The summed E-state index contributed by atoms with van der Waals surface area (Å²) in [6.07, 6.45) is 2.04. The van der Waals surface area contributed by atoms with E-state index in [2.05, 4.69) is 30.4 Å². The average Bonchev–Trinajstić information content (AvgIpc) is 2.47. The van der Waals surface area contributed by atoms with Crippen molar-refractivity contribution in [2.75, 3.05) is 19.8 Å². The lowest BCUT2D eigenvalue weighted by Gasteiger charge is -2.32. The molecule has 0 radical (unpaired) electrons. The fourth-order valence-corrected chi connectivity index (χ4v) is 4.34. The summed E-state index contributed by atoms with van der Waals surface area (Å²) in [6.45, 7) is 8.56. The molecule has 2 rings (SSSR count). The second-order valence-corrected chi connectivity index (χ2v) is 7.17. The molecule has 0 amide bonds. The smallest absolute Gasteiger partial charge is 0.0782 e. The van der Waals surface area contributed by atoms with Crippen molar-refractivity contribution in [1.29, 1.82) is 0 Å². The predicted molar refractivity (Wildman–Crippen MR) is 83.6 cm³/mol. The van der Waals surface area contributed by atoms with Gasteiger partial charge in [-0.25, -0.2) is 0 Å². The Morgan fingerprint density at radius 2 is 2.20 bits per heavy atom. The van der Waals surface area contributed by atoms with E-state index < -0.39 is 10.8 Å². The number of hydrogen-bond acceptors (Lipinski definition) is 3. The Hall–Kier alpha value is -0.710. The molecule has 0 saturated carbocycles. The number of nitrogens with one attached hydrogen (secondary N) is 1. The van der Waals surface area contributed by atoms with E-state index >= 15 is 0 Å². The van der Waals surface area contributed by atoms with Crippen LogP contribution in [0, 0.1) is 13.8 Å². The van der Waals surface area contributed by atoms with Gasteiger partial charge in [0.15, 0.2) is 0 Å². The molecule has 1 aliphatic rings. The number of aryl methyl sites for hydroxylation is 2. The Labute approximate surface area is 124 Å². The van der Waals surface area contributed by atoms with Gasteiger partial charge < -0.3 is 10.1 Å². The van der Waals surface area contributed by atoms with Crippen LogP contribution in [0.5, 0.6) is 0 Å². The molecular weight excluding hydrogens is 270 g/mol. The van der Waals surface area contributed by atoms with Crippen molar-refractivity contribution in [2.45, 2.75) is 49.8 Å². The first-order valence-electron chi connectivity index (χ1n) is 7.42. The fraction of sp³-hybridized carbons (Fsp3) is 0.625. The lowest BCUT2D eigenvalue weighted by Crippen LogP contribution is -2.48. The van der Waals surface area contributed by atoms with Crippen LogP contribution in [0.4, 0.5) is 0 Å². The Morgan fingerprint density at radius 3 is 2.95 bits per heavy atom. The van der Waals surface area contributed by atoms with Crippen molar-refractivity contribution in [1.82, 2.24) is 5.32 Å². The topological polar surface area (TPSA) is 38.3 Å². The van der Waals surface area contributed by atoms with Crippen LogP contribution in [0.3, 0.4) is 0 Å². The van der Waals surface area contributed by atoms with Crippen molar-refractivity contribution in [3.05, 3.63) is 29.3 Å². The summed E-state index contributed by atoms with van der Waals surface area (Å²) >= 11 is 0. The molecule has 0 bridgehead atoms. The third kappa shape index (κ3) is 3.68. The van der Waals surface area contributed by atoms with Crippen molar-refractivity contribution in [3.63, 3.8) is 0 Å². The zero-order valence-corrected chi connectivity index (χ0v) is 13.5. The second-order valence-electron chi connectivity index (χ2n) is 5.53. The van der Waals surface area contributed by atoms with Gasteiger partial charge in [0.2, 0.25) is 0 Å². The van der Waals surface area contributed by atoms with Gasteiger partial charge in [0.25, 0.3) is 0 Å². The van der Waals surface area contributed by atoms with Crippen LogP contribution in [0.15, 0.2) is 23.1 Å². The molecule has 3 unspecified atom stereocenters. The zero-order chi connectivity index (χ0) is 14.5. The van der Waals surface area contributed by atoms with Crippen molar-refractivity contribution >= 4 is 10.8 Å². The molecule has 112 valence electrons. The first-order valence-corrected chi connectivity index (χ1v) is 8.63. The minimum absolute atomic E-state index is 0.0517. The molecule has 3 nitrogen and oxygen atoms in total.